The van der Waals surface area contributed by atoms with E-state index in [0.717, 1.165) is 17.8 Å². The Balaban J connectivity index is 3.33. The van der Waals surface area contributed by atoms with Crippen LogP contribution in [0, 0.1) is 23.1 Å². The van der Waals surface area contributed by atoms with Gasteiger partial charge in [-0.15, -0.1) is 0 Å². The van der Waals surface area contributed by atoms with Crippen LogP contribution in [0.25, 0.3) is 0 Å². The summed E-state index contributed by atoms with van der Waals surface area (Å²) in [5.74, 6) is -2.15. The summed E-state index contributed by atoms with van der Waals surface area (Å²) in [6.45, 7) is 0. The monoisotopic (exact) mass is 339 g/mol. The summed E-state index contributed by atoms with van der Waals surface area (Å²) >= 11 is 9.75. The molecule has 1 rings (SSSR count). The summed E-state index contributed by atoms with van der Waals surface area (Å²) in [6.07, 6.45) is 3.35. The average molecular weight is 341 g/mol. The Hall–Kier alpha value is -0.840. The van der Waals surface area contributed by atoms with E-state index in [1.807, 2.05) is 0 Å². The summed E-state index contributed by atoms with van der Waals surface area (Å²) in [7, 11) is 0. The number of rotatable bonds is 1. The van der Waals surface area contributed by atoms with Crippen molar-refractivity contribution >= 4 is 50.1 Å². The first-order valence-electron chi connectivity index (χ1n) is 4.12. The van der Waals surface area contributed by atoms with Crippen molar-refractivity contribution in [3.8, 4) is 6.19 Å². The van der Waals surface area contributed by atoms with Crippen LogP contribution in [-0.2, 0) is 0 Å². The molecule has 0 aliphatic carbocycles. The molecule has 0 atom stereocenters. The van der Waals surface area contributed by atoms with E-state index in [9.17, 15) is 8.78 Å². The minimum absolute atomic E-state index is 0.0256. The lowest BCUT2D eigenvalue weighted by Gasteiger charge is -2.06. The number of nitriles is 1. The van der Waals surface area contributed by atoms with E-state index >= 15 is 0 Å². The zero-order chi connectivity index (χ0) is 13.0. The van der Waals surface area contributed by atoms with Gasteiger partial charge in [0.25, 0.3) is 0 Å². The fourth-order valence-corrected chi connectivity index (χ4v) is 2.10. The van der Waals surface area contributed by atoms with Gasteiger partial charge in [-0.05, 0) is 28.3 Å². The first kappa shape index (κ1) is 14.2. The molecule has 0 spiro atoms. The van der Waals surface area contributed by atoms with Crippen LogP contribution in [0.4, 0.5) is 14.5 Å². The standard InChI is InChI=1S/C9H5BrClF2N3S/c1-17-9(15-3-14)16-8-4(11)2-5(12)7(13)6(8)10/h2H,1H3,(H,15,16). The summed E-state index contributed by atoms with van der Waals surface area (Å²) in [5.41, 5.74) is 0.0256. The number of halogens is 4. The highest BCUT2D eigenvalue weighted by Crippen LogP contribution is 2.37. The molecule has 1 aromatic rings. The third kappa shape index (κ3) is 3.31. The molecule has 0 radical (unpaired) electrons. The van der Waals surface area contributed by atoms with E-state index in [4.69, 9.17) is 16.9 Å². The Morgan fingerprint density at radius 2 is 2.29 bits per heavy atom. The predicted molar refractivity (Wildman–Crippen MR) is 68.4 cm³/mol. The Bertz CT molecular complexity index is 516. The zero-order valence-corrected chi connectivity index (χ0v) is 11.6. The minimum Gasteiger partial charge on any atom is -0.271 e. The smallest absolute Gasteiger partial charge is 0.183 e. The van der Waals surface area contributed by atoms with Gasteiger partial charge in [-0.2, -0.15) is 5.26 Å². The van der Waals surface area contributed by atoms with Gasteiger partial charge >= 0.3 is 0 Å². The molecule has 0 aliphatic rings. The number of nitrogens with zero attached hydrogens (tertiary/aromatic N) is 2. The van der Waals surface area contributed by atoms with E-state index in [2.05, 4.69) is 26.2 Å². The van der Waals surface area contributed by atoms with E-state index < -0.39 is 11.6 Å². The van der Waals surface area contributed by atoms with Crippen LogP contribution in [0.2, 0.25) is 5.02 Å². The van der Waals surface area contributed by atoms with Crippen molar-refractivity contribution in [1.82, 2.24) is 5.32 Å². The van der Waals surface area contributed by atoms with Gasteiger partial charge in [0.05, 0.1) is 9.50 Å². The molecule has 0 aliphatic heterocycles. The molecule has 0 unspecified atom stereocenters. The topological polar surface area (TPSA) is 48.2 Å². The van der Waals surface area contributed by atoms with Crippen LogP contribution in [0.3, 0.4) is 0 Å². The molecule has 1 aromatic carbocycles. The summed E-state index contributed by atoms with van der Waals surface area (Å²) in [4.78, 5) is 3.93. The number of thioether (sulfide) groups is 1. The molecule has 17 heavy (non-hydrogen) atoms. The fourth-order valence-electron chi connectivity index (χ4n) is 0.933. The molecule has 0 fully saturated rings. The van der Waals surface area contributed by atoms with Gasteiger partial charge in [-0.1, -0.05) is 23.4 Å². The maximum Gasteiger partial charge on any atom is 0.183 e. The Morgan fingerprint density at radius 1 is 1.65 bits per heavy atom. The Labute approximate surface area is 114 Å². The van der Waals surface area contributed by atoms with E-state index in [1.54, 1.807) is 12.4 Å². The van der Waals surface area contributed by atoms with Gasteiger partial charge in [-0.25, -0.2) is 13.8 Å². The highest BCUT2D eigenvalue weighted by atomic mass is 79.9. The number of benzene rings is 1. The third-order valence-electron chi connectivity index (χ3n) is 1.66. The highest BCUT2D eigenvalue weighted by Gasteiger charge is 2.16. The van der Waals surface area contributed by atoms with Crippen LogP contribution in [-0.4, -0.2) is 11.4 Å². The maximum atomic E-state index is 13.3. The number of nitrogens with one attached hydrogen (secondary N) is 1. The van der Waals surface area contributed by atoms with Gasteiger partial charge in [0, 0.05) is 0 Å². The molecule has 0 saturated carbocycles. The lowest BCUT2D eigenvalue weighted by atomic mass is 10.3. The lowest BCUT2D eigenvalue weighted by molar-refractivity contribution is 0.504. The van der Waals surface area contributed by atoms with Crippen molar-refractivity contribution in [2.24, 2.45) is 4.99 Å². The van der Waals surface area contributed by atoms with Crippen LogP contribution >= 0.6 is 39.3 Å². The van der Waals surface area contributed by atoms with E-state index in [1.165, 1.54) is 0 Å². The number of hydrogen-bond donors (Lipinski definition) is 1. The maximum absolute atomic E-state index is 13.3. The van der Waals surface area contributed by atoms with Gasteiger partial charge in [0.15, 0.2) is 23.0 Å². The molecular weight excluding hydrogens is 336 g/mol. The van der Waals surface area contributed by atoms with Crippen LogP contribution in [0.1, 0.15) is 0 Å². The van der Waals surface area contributed by atoms with Crippen molar-refractivity contribution in [3.05, 3.63) is 27.2 Å². The van der Waals surface area contributed by atoms with Crippen LogP contribution < -0.4 is 5.32 Å². The zero-order valence-electron chi connectivity index (χ0n) is 8.39. The van der Waals surface area contributed by atoms with E-state index in [0.29, 0.717) is 0 Å². The summed E-state index contributed by atoms with van der Waals surface area (Å²) in [6, 6.07) is 0.824. The normalized spacial score (nSPS) is 11.2. The average Bonchev–Trinajstić information content (AvgIpc) is 2.30. The summed E-state index contributed by atoms with van der Waals surface area (Å²) < 4.78 is 26.1. The van der Waals surface area contributed by atoms with Gasteiger partial charge in [0.1, 0.15) is 5.69 Å². The summed E-state index contributed by atoms with van der Waals surface area (Å²) in [5, 5.41) is 10.9. The fraction of sp³-hybridized carbons (Fsp3) is 0.111. The quantitative estimate of drug-likeness (QED) is 0.211. The second kappa shape index (κ2) is 6.19. The second-order valence-corrected chi connectivity index (χ2v) is 4.67. The molecule has 8 heteroatoms. The SMILES string of the molecule is CSC(=Nc1c(Cl)cc(F)c(F)c1Br)NC#N. The molecule has 1 N–H and O–H groups in total. The van der Waals surface area contributed by atoms with Crippen molar-refractivity contribution in [3.63, 3.8) is 0 Å². The van der Waals surface area contributed by atoms with Crippen LogP contribution in [0.15, 0.2) is 15.5 Å². The Morgan fingerprint density at radius 3 is 2.82 bits per heavy atom. The molecular formula is C9H5BrClF2N3S. The van der Waals surface area contributed by atoms with Gasteiger partial charge in [0.2, 0.25) is 0 Å². The van der Waals surface area contributed by atoms with Gasteiger partial charge in [-0.3, -0.25) is 5.32 Å². The van der Waals surface area contributed by atoms with Crippen molar-refractivity contribution in [1.29, 1.82) is 5.26 Å². The Kier molecular flexibility index (Phi) is 5.18. The highest BCUT2D eigenvalue weighted by molar-refractivity contribution is 9.10. The van der Waals surface area contributed by atoms with Gasteiger partial charge < -0.3 is 0 Å². The molecule has 90 valence electrons. The minimum atomic E-state index is -1.08. The molecule has 3 nitrogen and oxygen atoms in total. The number of aliphatic imine (C=N–C) groups is 1. The molecule has 0 saturated heterocycles. The predicted octanol–water partition coefficient (Wildman–Crippen LogP) is 3.80. The molecule has 0 amide bonds. The van der Waals surface area contributed by atoms with Crippen molar-refractivity contribution in [2.45, 2.75) is 0 Å². The first-order chi connectivity index (χ1) is 8.01. The lowest BCUT2D eigenvalue weighted by Crippen LogP contribution is -2.12. The third-order valence-corrected chi connectivity index (χ3v) is 3.25. The number of amidine groups is 1. The van der Waals surface area contributed by atoms with Crippen LogP contribution in [0.5, 0.6) is 0 Å². The number of hydrogen-bond acceptors (Lipinski definition) is 3. The largest absolute Gasteiger partial charge is 0.271 e. The second-order valence-electron chi connectivity index (χ2n) is 2.67. The van der Waals surface area contributed by atoms with E-state index in [-0.39, 0.29) is 20.4 Å². The van der Waals surface area contributed by atoms with Crippen molar-refractivity contribution in [2.75, 3.05) is 6.26 Å². The van der Waals surface area contributed by atoms with Crippen molar-refractivity contribution < 1.29 is 8.78 Å². The molecule has 0 bridgehead atoms. The molecule has 0 aromatic heterocycles. The first-order valence-corrected chi connectivity index (χ1v) is 6.51. The molecule has 0 heterocycles.